The van der Waals surface area contributed by atoms with Crippen molar-refractivity contribution in [3.05, 3.63) is 46.1 Å². The average Bonchev–Trinajstić information content (AvgIpc) is 2.80. The number of aryl methyl sites for hydroxylation is 1. The van der Waals surface area contributed by atoms with Crippen molar-refractivity contribution < 1.29 is 49.3 Å². The summed E-state index contributed by atoms with van der Waals surface area (Å²) in [5.74, 6) is -1.07. The van der Waals surface area contributed by atoms with Gasteiger partial charge in [-0.3, -0.25) is 4.79 Å². The van der Waals surface area contributed by atoms with Crippen LogP contribution in [0.25, 0.3) is 22.3 Å². The summed E-state index contributed by atoms with van der Waals surface area (Å²) in [6.07, 6.45) is -8.11. The van der Waals surface area contributed by atoms with Gasteiger partial charge in [0, 0.05) is 17.7 Å². The lowest BCUT2D eigenvalue weighted by Crippen LogP contribution is -2.60. The molecule has 0 unspecified atom stereocenters. The van der Waals surface area contributed by atoms with Crippen LogP contribution in [0.2, 0.25) is 0 Å². The summed E-state index contributed by atoms with van der Waals surface area (Å²) in [6.45, 7) is 1.11. The minimum Gasteiger partial charge on any atom is -0.508 e. The number of phenolic OH excluding ortho intramolecular Hbond substituents is 2. The van der Waals surface area contributed by atoms with E-state index < -0.39 is 54.2 Å². The van der Waals surface area contributed by atoms with Gasteiger partial charge in [0.05, 0.1) is 13.7 Å². The minimum absolute atomic E-state index is 0.141. The van der Waals surface area contributed by atoms with Crippen LogP contribution in [-0.4, -0.2) is 75.1 Å². The summed E-state index contributed by atoms with van der Waals surface area (Å²) in [7, 11) is 1.46. The van der Waals surface area contributed by atoms with E-state index in [9.17, 15) is 35.4 Å². The molecule has 34 heavy (non-hydrogen) atoms. The third-order valence-corrected chi connectivity index (χ3v) is 5.67. The van der Waals surface area contributed by atoms with E-state index in [1.807, 2.05) is 0 Å². The van der Waals surface area contributed by atoms with Gasteiger partial charge in [0.15, 0.2) is 5.76 Å². The Bertz CT molecular complexity index is 1270. The Hall–Kier alpha value is -3.35. The van der Waals surface area contributed by atoms with Crippen molar-refractivity contribution in [3.8, 4) is 34.3 Å². The van der Waals surface area contributed by atoms with Gasteiger partial charge in [-0.05, 0) is 18.6 Å². The molecule has 6 N–H and O–H groups in total. The van der Waals surface area contributed by atoms with Crippen LogP contribution in [0, 0.1) is 6.92 Å². The largest absolute Gasteiger partial charge is 0.508 e. The monoisotopic (exact) mass is 476 g/mol. The molecule has 5 atom stereocenters. The van der Waals surface area contributed by atoms with Gasteiger partial charge in [-0.2, -0.15) is 0 Å². The number of aromatic hydroxyl groups is 2. The summed E-state index contributed by atoms with van der Waals surface area (Å²) in [6, 6.07) is 6.98. The molecule has 2 heterocycles. The molecule has 2 aromatic carbocycles. The van der Waals surface area contributed by atoms with Crippen LogP contribution in [0.3, 0.4) is 0 Å². The second kappa shape index (κ2) is 9.12. The van der Waals surface area contributed by atoms with Gasteiger partial charge in [0.25, 0.3) is 0 Å². The van der Waals surface area contributed by atoms with Crippen LogP contribution < -0.4 is 14.9 Å². The van der Waals surface area contributed by atoms with Gasteiger partial charge in [-0.25, -0.2) is 0 Å². The molecule has 1 aliphatic rings. The molecule has 1 fully saturated rings. The number of hydrogen-bond donors (Lipinski definition) is 6. The number of phenols is 2. The highest BCUT2D eigenvalue weighted by Gasteiger charge is 2.45. The highest BCUT2D eigenvalue weighted by Crippen LogP contribution is 2.38. The Kier molecular flexibility index (Phi) is 6.39. The number of aliphatic hydroxyl groups excluding tert-OH is 4. The summed E-state index contributed by atoms with van der Waals surface area (Å²) in [5.41, 5.74) is 0.119. The predicted octanol–water partition coefficient (Wildman–Crippen LogP) is 0.367. The number of aliphatic hydroxyl groups is 4. The van der Waals surface area contributed by atoms with E-state index in [0.29, 0.717) is 11.3 Å². The lowest BCUT2D eigenvalue weighted by Gasteiger charge is -2.39. The Balaban J connectivity index is 1.92. The van der Waals surface area contributed by atoms with E-state index in [1.54, 1.807) is 25.1 Å². The molecule has 0 bridgehead atoms. The molecule has 11 heteroatoms. The van der Waals surface area contributed by atoms with E-state index in [1.165, 1.54) is 7.11 Å². The quantitative estimate of drug-likeness (QED) is 0.299. The van der Waals surface area contributed by atoms with Crippen molar-refractivity contribution in [2.75, 3.05) is 13.7 Å². The number of methoxy groups -OCH3 is 1. The first-order valence-corrected chi connectivity index (χ1v) is 10.3. The van der Waals surface area contributed by atoms with Gasteiger partial charge in [-0.15, -0.1) is 0 Å². The summed E-state index contributed by atoms with van der Waals surface area (Å²) < 4.78 is 22.2. The topological polar surface area (TPSA) is 179 Å². The van der Waals surface area contributed by atoms with Gasteiger partial charge in [0.1, 0.15) is 52.6 Å². The molecule has 4 rings (SSSR count). The van der Waals surface area contributed by atoms with Crippen LogP contribution in [0.1, 0.15) is 5.56 Å². The fraction of sp³-hybridized carbons (Fsp3) is 0.348. The molecule has 0 saturated carbocycles. The number of fused-ring (bicyclic) bond motifs is 1. The number of hydrogen-bond acceptors (Lipinski definition) is 11. The smallest absolute Gasteiger partial charge is 0.239 e. The zero-order valence-corrected chi connectivity index (χ0v) is 18.2. The molecule has 0 aliphatic carbocycles. The summed E-state index contributed by atoms with van der Waals surface area (Å²) >= 11 is 0. The molecule has 182 valence electrons. The zero-order chi connectivity index (χ0) is 24.7. The Morgan fingerprint density at radius 1 is 1.03 bits per heavy atom. The Morgan fingerprint density at radius 3 is 2.44 bits per heavy atom. The van der Waals surface area contributed by atoms with Gasteiger partial charge in [0.2, 0.25) is 17.5 Å². The second-order valence-electron chi connectivity index (χ2n) is 7.93. The average molecular weight is 476 g/mol. The molecular formula is C23H24O11. The minimum atomic E-state index is -1.79. The zero-order valence-electron chi connectivity index (χ0n) is 18.2. The molecule has 0 spiro atoms. The van der Waals surface area contributed by atoms with Gasteiger partial charge in [-0.1, -0.05) is 12.1 Å². The van der Waals surface area contributed by atoms with E-state index in [-0.39, 0.29) is 22.5 Å². The maximum Gasteiger partial charge on any atom is 0.239 e. The maximum absolute atomic E-state index is 13.4. The lowest BCUT2D eigenvalue weighted by molar-refractivity contribution is -0.277. The number of rotatable bonds is 5. The molecule has 1 aromatic heterocycles. The highest BCUT2D eigenvalue weighted by atomic mass is 16.7. The first-order valence-electron chi connectivity index (χ1n) is 10.3. The van der Waals surface area contributed by atoms with E-state index >= 15 is 0 Å². The van der Waals surface area contributed by atoms with Crippen molar-refractivity contribution in [3.63, 3.8) is 0 Å². The van der Waals surface area contributed by atoms with Crippen LogP contribution in [0.4, 0.5) is 0 Å². The van der Waals surface area contributed by atoms with Crippen LogP contribution in [0.15, 0.2) is 39.5 Å². The Labute approximate surface area is 192 Å². The van der Waals surface area contributed by atoms with Crippen LogP contribution >= 0.6 is 0 Å². The van der Waals surface area contributed by atoms with Crippen LogP contribution in [-0.2, 0) is 4.74 Å². The molecule has 11 nitrogen and oxygen atoms in total. The fourth-order valence-electron chi connectivity index (χ4n) is 3.81. The molecule has 0 amide bonds. The normalized spacial score (nSPS) is 24.8. The lowest BCUT2D eigenvalue weighted by atomic mass is 9.99. The Morgan fingerprint density at radius 2 is 1.76 bits per heavy atom. The SMILES string of the molecule is COc1cc(-c2oc3cc(O)cc(O)c3c(=O)c2O[C@@H]2O[C@H](CO)[C@@H](O)[C@H](O)[C@H]2O)ccc1C. The number of benzene rings is 2. The highest BCUT2D eigenvalue weighted by molar-refractivity contribution is 5.88. The molecule has 1 aliphatic heterocycles. The standard InChI is InChI=1S/C23H24O11/c1-9-3-4-10(5-13(9)31-2)21-22(18(28)16-12(26)6-11(25)7-14(16)32-21)34-23-20(30)19(29)17(27)15(8-24)33-23/h3-7,15,17,19-20,23-27,29-30H,8H2,1-2H3/t15-,17-,19+,20-,23+/m1/s1. The fourth-order valence-corrected chi connectivity index (χ4v) is 3.81. The molecule has 0 radical (unpaired) electrons. The van der Waals surface area contributed by atoms with E-state index in [0.717, 1.165) is 17.7 Å². The summed E-state index contributed by atoms with van der Waals surface area (Å²) in [5, 5.41) is 59.7. The maximum atomic E-state index is 13.4. The first-order chi connectivity index (χ1) is 16.2. The van der Waals surface area contributed by atoms with E-state index in [4.69, 9.17) is 18.6 Å². The molecular weight excluding hydrogens is 452 g/mol. The van der Waals surface area contributed by atoms with Gasteiger partial charge < -0.3 is 49.3 Å². The predicted molar refractivity (Wildman–Crippen MR) is 117 cm³/mol. The number of ether oxygens (including phenoxy) is 3. The van der Waals surface area contributed by atoms with Crippen molar-refractivity contribution in [2.45, 2.75) is 37.6 Å². The van der Waals surface area contributed by atoms with Gasteiger partial charge >= 0.3 is 0 Å². The summed E-state index contributed by atoms with van der Waals surface area (Å²) in [4.78, 5) is 13.4. The molecule has 3 aromatic rings. The van der Waals surface area contributed by atoms with Crippen LogP contribution in [0.5, 0.6) is 23.0 Å². The van der Waals surface area contributed by atoms with Crippen molar-refractivity contribution >= 4 is 11.0 Å². The third-order valence-electron chi connectivity index (χ3n) is 5.67. The van der Waals surface area contributed by atoms with Crippen molar-refractivity contribution in [1.29, 1.82) is 0 Å². The second-order valence-corrected chi connectivity index (χ2v) is 7.93. The van der Waals surface area contributed by atoms with E-state index in [2.05, 4.69) is 0 Å². The van der Waals surface area contributed by atoms with Crippen molar-refractivity contribution in [2.24, 2.45) is 0 Å². The third kappa shape index (κ3) is 4.04. The first kappa shape index (κ1) is 23.8. The van der Waals surface area contributed by atoms with Crippen molar-refractivity contribution in [1.82, 2.24) is 0 Å². The molecule has 1 saturated heterocycles.